The van der Waals surface area contributed by atoms with Crippen LogP contribution in [0.1, 0.15) is 24.8 Å². The average molecular weight is 404 g/mol. The number of amides is 1. The van der Waals surface area contributed by atoms with Gasteiger partial charge in [0.05, 0.1) is 19.6 Å². The Hall–Kier alpha value is -2.74. The van der Waals surface area contributed by atoms with E-state index in [1.807, 2.05) is 0 Å². The number of methoxy groups -OCH3 is 2. The van der Waals surface area contributed by atoms with Crippen LogP contribution >= 0.6 is 0 Å². The number of sulfonamides is 1. The Morgan fingerprint density at radius 1 is 1.04 bits per heavy atom. The van der Waals surface area contributed by atoms with Gasteiger partial charge in [0.1, 0.15) is 16.4 Å². The summed E-state index contributed by atoms with van der Waals surface area (Å²) in [5.74, 6) is 0.625. The minimum Gasteiger partial charge on any atom is -0.497 e. The van der Waals surface area contributed by atoms with E-state index in [4.69, 9.17) is 9.47 Å². The summed E-state index contributed by atoms with van der Waals surface area (Å²) in [5, 5.41) is 2.73. The van der Waals surface area contributed by atoms with Gasteiger partial charge in [0.25, 0.3) is 10.0 Å². The maximum Gasteiger partial charge on any atom is 0.265 e. The first kappa shape index (κ1) is 20.0. The zero-order valence-electron chi connectivity index (χ0n) is 16.1. The lowest BCUT2D eigenvalue weighted by atomic mass is 9.64. The number of benzene rings is 2. The van der Waals surface area contributed by atoms with Gasteiger partial charge >= 0.3 is 0 Å². The molecule has 3 rings (SSSR count). The minimum absolute atomic E-state index is 0.00630. The van der Waals surface area contributed by atoms with Gasteiger partial charge in [-0.3, -0.25) is 9.52 Å². The second-order valence-electron chi connectivity index (χ2n) is 6.71. The monoisotopic (exact) mass is 404 g/mol. The predicted octanol–water partition coefficient (Wildman–Crippen LogP) is 2.67. The van der Waals surface area contributed by atoms with E-state index >= 15 is 0 Å². The van der Waals surface area contributed by atoms with Crippen molar-refractivity contribution in [1.29, 1.82) is 0 Å². The summed E-state index contributed by atoms with van der Waals surface area (Å²) in [4.78, 5) is 12.3. The van der Waals surface area contributed by atoms with E-state index < -0.39 is 15.4 Å². The van der Waals surface area contributed by atoms with Crippen LogP contribution < -0.4 is 19.5 Å². The van der Waals surface area contributed by atoms with Crippen molar-refractivity contribution in [1.82, 2.24) is 5.32 Å². The highest BCUT2D eigenvalue weighted by Gasteiger charge is 2.45. The fourth-order valence-electron chi connectivity index (χ4n) is 3.48. The number of carbonyl (C=O) groups is 1. The van der Waals surface area contributed by atoms with Gasteiger partial charge in [0.2, 0.25) is 5.91 Å². The highest BCUT2D eigenvalue weighted by molar-refractivity contribution is 7.92. The smallest absolute Gasteiger partial charge is 0.265 e. The van der Waals surface area contributed by atoms with Crippen LogP contribution in [0.25, 0.3) is 0 Å². The Labute approximate surface area is 165 Å². The topological polar surface area (TPSA) is 93.7 Å². The zero-order chi connectivity index (χ0) is 20.4. The summed E-state index contributed by atoms with van der Waals surface area (Å²) in [6.45, 7) is 0. The number of hydrogen-bond acceptors (Lipinski definition) is 5. The lowest BCUT2D eigenvalue weighted by Gasteiger charge is -2.40. The number of ether oxygens (including phenoxy) is 2. The van der Waals surface area contributed by atoms with Gasteiger partial charge in [-0.15, -0.1) is 0 Å². The van der Waals surface area contributed by atoms with E-state index in [-0.39, 0.29) is 16.6 Å². The third-order valence-corrected chi connectivity index (χ3v) is 6.62. The number of nitrogens with one attached hydrogen (secondary N) is 2. The summed E-state index contributed by atoms with van der Waals surface area (Å²) in [7, 11) is 0.622. The standard InChI is InChI=1S/C20H24N2O5S/c1-21-19(23)20(11-4-12-20)14-5-7-15(8-6-14)22-28(24,25)18-13-16(26-2)9-10-17(18)27-3/h5-10,13,22H,4,11-12H2,1-3H3,(H,21,23). The molecule has 0 bridgehead atoms. The third kappa shape index (κ3) is 3.52. The van der Waals surface area contributed by atoms with Gasteiger partial charge in [-0.2, -0.15) is 0 Å². The molecule has 150 valence electrons. The van der Waals surface area contributed by atoms with E-state index in [1.54, 1.807) is 43.4 Å². The summed E-state index contributed by atoms with van der Waals surface area (Å²) in [5.41, 5.74) is 0.780. The molecule has 0 aliphatic heterocycles. The summed E-state index contributed by atoms with van der Waals surface area (Å²) in [6, 6.07) is 11.5. The molecule has 0 aromatic heterocycles. The van der Waals surface area contributed by atoms with Gasteiger partial charge in [-0.25, -0.2) is 8.42 Å². The average Bonchev–Trinajstić information content (AvgIpc) is 2.67. The SMILES string of the molecule is CNC(=O)C1(c2ccc(NS(=O)(=O)c3cc(OC)ccc3OC)cc2)CCC1. The normalized spacial score (nSPS) is 15.2. The van der Waals surface area contributed by atoms with Gasteiger partial charge < -0.3 is 14.8 Å². The molecule has 1 aliphatic carbocycles. The van der Waals surface area contributed by atoms with Crippen molar-refractivity contribution in [2.45, 2.75) is 29.6 Å². The Morgan fingerprint density at radius 3 is 2.21 bits per heavy atom. The van der Waals surface area contributed by atoms with Crippen molar-refractivity contribution in [2.24, 2.45) is 0 Å². The van der Waals surface area contributed by atoms with Crippen molar-refractivity contribution in [3.63, 3.8) is 0 Å². The quantitative estimate of drug-likeness (QED) is 0.740. The summed E-state index contributed by atoms with van der Waals surface area (Å²) >= 11 is 0. The Morgan fingerprint density at radius 2 is 1.71 bits per heavy atom. The number of carbonyl (C=O) groups excluding carboxylic acids is 1. The first-order valence-electron chi connectivity index (χ1n) is 8.94. The molecule has 1 fully saturated rings. The molecule has 0 unspecified atom stereocenters. The van der Waals surface area contributed by atoms with E-state index in [2.05, 4.69) is 10.0 Å². The van der Waals surface area contributed by atoms with Crippen molar-refractivity contribution in [2.75, 3.05) is 26.0 Å². The molecule has 0 spiro atoms. The highest BCUT2D eigenvalue weighted by atomic mass is 32.2. The lowest BCUT2D eigenvalue weighted by Crippen LogP contribution is -2.48. The molecule has 1 saturated carbocycles. The third-order valence-electron chi connectivity index (χ3n) is 5.22. The maximum absolute atomic E-state index is 12.8. The van der Waals surface area contributed by atoms with Crippen LogP contribution in [0.3, 0.4) is 0 Å². The van der Waals surface area contributed by atoms with Crippen molar-refractivity contribution in [3.8, 4) is 11.5 Å². The van der Waals surface area contributed by atoms with E-state index in [1.165, 1.54) is 20.3 Å². The fraction of sp³-hybridized carbons (Fsp3) is 0.350. The first-order valence-corrected chi connectivity index (χ1v) is 10.4. The van der Waals surface area contributed by atoms with Crippen LogP contribution in [0.5, 0.6) is 11.5 Å². The number of rotatable bonds is 7. The maximum atomic E-state index is 12.8. The molecule has 8 heteroatoms. The molecule has 7 nitrogen and oxygen atoms in total. The Balaban J connectivity index is 1.87. The van der Waals surface area contributed by atoms with Crippen molar-refractivity contribution >= 4 is 21.6 Å². The number of likely N-dealkylation sites (N-methyl/N-ethyl adjacent to an activating group) is 1. The van der Waals surface area contributed by atoms with Crippen LogP contribution in [0.4, 0.5) is 5.69 Å². The van der Waals surface area contributed by atoms with Crippen LogP contribution in [0.15, 0.2) is 47.4 Å². The fourth-order valence-corrected chi connectivity index (χ4v) is 4.72. The minimum atomic E-state index is -3.88. The molecule has 1 amide bonds. The Kier molecular flexibility index (Phi) is 5.51. The first-order chi connectivity index (χ1) is 13.4. The van der Waals surface area contributed by atoms with Crippen LogP contribution in [0, 0.1) is 0 Å². The van der Waals surface area contributed by atoms with Gasteiger partial charge in [0, 0.05) is 18.8 Å². The van der Waals surface area contributed by atoms with Crippen molar-refractivity contribution < 1.29 is 22.7 Å². The van der Waals surface area contributed by atoms with Gasteiger partial charge in [0.15, 0.2) is 0 Å². The molecule has 1 aliphatic rings. The molecule has 0 radical (unpaired) electrons. The van der Waals surface area contributed by atoms with E-state index in [0.29, 0.717) is 11.4 Å². The van der Waals surface area contributed by atoms with Crippen LogP contribution in [0.2, 0.25) is 0 Å². The molecular weight excluding hydrogens is 380 g/mol. The highest BCUT2D eigenvalue weighted by Crippen LogP contribution is 2.44. The second kappa shape index (κ2) is 7.71. The molecule has 0 saturated heterocycles. The molecule has 2 aromatic carbocycles. The molecule has 2 N–H and O–H groups in total. The van der Waals surface area contributed by atoms with Crippen LogP contribution in [-0.2, 0) is 20.2 Å². The molecule has 0 atom stereocenters. The summed E-state index contributed by atoms with van der Waals surface area (Å²) < 4.78 is 38.5. The van der Waals surface area contributed by atoms with E-state index in [0.717, 1.165) is 24.8 Å². The van der Waals surface area contributed by atoms with Crippen LogP contribution in [-0.4, -0.2) is 35.6 Å². The lowest BCUT2D eigenvalue weighted by molar-refractivity contribution is -0.129. The number of anilines is 1. The van der Waals surface area contributed by atoms with Crippen molar-refractivity contribution in [3.05, 3.63) is 48.0 Å². The largest absolute Gasteiger partial charge is 0.497 e. The zero-order valence-corrected chi connectivity index (χ0v) is 16.9. The molecule has 2 aromatic rings. The van der Waals surface area contributed by atoms with Gasteiger partial charge in [-0.05, 0) is 42.7 Å². The second-order valence-corrected chi connectivity index (χ2v) is 8.37. The van der Waals surface area contributed by atoms with E-state index in [9.17, 15) is 13.2 Å². The molecular formula is C20H24N2O5S. The molecule has 28 heavy (non-hydrogen) atoms. The number of hydrogen-bond donors (Lipinski definition) is 2. The summed E-state index contributed by atoms with van der Waals surface area (Å²) in [6.07, 6.45) is 2.58. The molecule has 0 heterocycles. The Bertz CT molecular complexity index is 967. The van der Waals surface area contributed by atoms with Gasteiger partial charge in [-0.1, -0.05) is 18.6 Å². The predicted molar refractivity (Wildman–Crippen MR) is 106 cm³/mol.